The van der Waals surface area contributed by atoms with E-state index in [-0.39, 0.29) is 37.3 Å². The molecule has 0 aromatic carbocycles. The molecule has 0 aromatic heterocycles. The van der Waals surface area contributed by atoms with Crippen molar-refractivity contribution in [1.82, 2.24) is 0 Å². The standard InChI is InChI=1S/C7H16O2.C5H12O2/c1-3-7(4-2,5-8)6-9;1-5(2,3-6)4-7/h8-9H,3-6H2,1-2H3;6-7H,3-4H2,1-2H3. The van der Waals surface area contributed by atoms with Crippen molar-refractivity contribution in [3.05, 3.63) is 0 Å². The molecule has 0 saturated heterocycles. The fourth-order valence-electron chi connectivity index (χ4n) is 0.797. The Balaban J connectivity index is 0. The third-order valence-corrected chi connectivity index (χ3v) is 3.03. The average Bonchev–Trinajstić information content (AvgIpc) is 2.34. The highest BCUT2D eigenvalue weighted by atomic mass is 16.3. The summed E-state index contributed by atoms with van der Waals surface area (Å²) in [6.45, 7) is 7.84. The van der Waals surface area contributed by atoms with E-state index in [1.807, 2.05) is 13.8 Å². The first kappa shape index (κ1) is 18.2. The van der Waals surface area contributed by atoms with Crippen LogP contribution in [-0.4, -0.2) is 46.9 Å². The van der Waals surface area contributed by atoms with Gasteiger partial charge >= 0.3 is 0 Å². The van der Waals surface area contributed by atoms with Gasteiger partial charge in [0.15, 0.2) is 0 Å². The van der Waals surface area contributed by atoms with Gasteiger partial charge in [-0.3, -0.25) is 0 Å². The molecular weight excluding hydrogens is 208 g/mol. The summed E-state index contributed by atoms with van der Waals surface area (Å²) in [6, 6.07) is 0. The lowest BCUT2D eigenvalue weighted by atomic mass is 9.84. The molecule has 100 valence electrons. The minimum Gasteiger partial charge on any atom is -0.396 e. The van der Waals surface area contributed by atoms with E-state index in [0.29, 0.717) is 0 Å². The fourth-order valence-corrected chi connectivity index (χ4v) is 0.797. The van der Waals surface area contributed by atoms with Crippen LogP contribution in [-0.2, 0) is 0 Å². The Hall–Kier alpha value is -0.160. The first-order valence-electron chi connectivity index (χ1n) is 5.80. The van der Waals surface area contributed by atoms with Crippen LogP contribution in [0.15, 0.2) is 0 Å². The van der Waals surface area contributed by atoms with Crippen molar-refractivity contribution in [2.75, 3.05) is 26.4 Å². The van der Waals surface area contributed by atoms with E-state index in [0.717, 1.165) is 12.8 Å². The second kappa shape index (κ2) is 8.93. The highest BCUT2D eigenvalue weighted by molar-refractivity contribution is 4.73. The molecule has 0 saturated carbocycles. The molecule has 0 radical (unpaired) electrons. The Bertz CT molecular complexity index is 130. The number of hydrogen-bond acceptors (Lipinski definition) is 4. The molecule has 0 aliphatic rings. The molecule has 0 unspecified atom stereocenters. The Kier molecular flexibility index (Phi) is 10.2. The van der Waals surface area contributed by atoms with Crippen LogP contribution in [0.3, 0.4) is 0 Å². The van der Waals surface area contributed by atoms with Crippen molar-refractivity contribution in [1.29, 1.82) is 0 Å². The van der Waals surface area contributed by atoms with Crippen LogP contribution in [0.1, 0.15) is 40.5 Å². The molecule has 4 nitrogen and oxygen atoms in total. The topological polar surface area (TPSA) is 80.9 Å². The van der Waals surface area contributed by atoms with Gasteiger partial charge in [0.05, 0.1) is 26.4 Å². The number of rotatable bonds is 6. The molecule has 0 rings (SSSR count). The number of aliphatic hydroxyl groups excluding tert-OH is 4. The lowest BCUT2D eigenvalue weighted by Crippen LogP contribution is -2.27. The van der Waals surface area contributed by atoms with Crippen molar-refractivity contribution in [2.45, 2.75) is 40.5 Å². The van der Waals surface area contributed by atoms with Gasteiger partial charge in [-0.15, -0.1) is 0 Å². The van der Waals surface area contributed by atoms with E-state index in [1.165, 1.54) is 0 Å². The van der Waals surface area contributed by atoms with Crippen LogP contribution in [0.2, 0.25) is 0 Å². The normalized spacial score (nSPS) is 12.0. The van der Waals surface area contributed by atoms with Gasteiger partial charge in [-0.25, -0.2) is 0 Å². The van der Waals surface area contributed by atoms with Crippen molar-refractivity contribution < 1.29 is 20.4 Å². The second-order valence-electron chi connectivity index (χ2n) is 5.00. The van der Waals surface area contributed by atoms with Crippen molar-refractivity contribution in [3.8, 4) is 0 Å². The molecule has 0 heterocycles. The summed E-state index contributed by atoms with van der Waals surface area (Å²) in [6.07, 6.45) is 1.69. The van der Waals surface area contributed by atoms with E-state index >= 15 is 0 Å². The lowest BCUT2D eigenvalue weighted by molar-refractivity contribution is 0.0480. The van der Waals surface area contributed by atoms with Crippen molar-refractivity contribution >= 4 is 0 Å². The molecule has 0 spiro atoms. The summed E-state index contributed by atoms with van der Waals surface area (Å²) in [4.78, 5) is 0. The van der Waals surface area contributed by atoms with Gasteiger partial charge in [0.1, 0.15) is 0 Å². The Morgan fingerprint density at radius 2 is 1.00 bits per heavy atom. The van der Waals surface area contributed by atoms with Gasteiger partial charge in [-0.2, -0.15) is 0 Å². The maximum Gasteiger partial charge on any atom is 0.0509 e. The number of hydrogen-bond donors (Lipinski definition) is 4. The van der Waals surface area contributed by atoms with Gasteiger partial charge in [-0.05, 0) is 12.8 Å². The van der Waals surface area contributed by atoms with Crippen LogP contribution < -0.4 is 0 Å². The summed E-state index contributed by atoms with van der Waals surface area (Å²) in [5, 5.41) is 34.5. The largest absolute Gasteiger partial charge is 0.396 e. The van der Waals surface area contributed by atoms with Gasteiger partial charge < -0.3 is 20.4 Å². The molecule has 16 heavy (non-hydrogen) atoms. The zero-order valence-corrected chi connectivity index (χ0v) is 11.0. The third-order valence-electron chi connectivity index (χ3n) is 3.03. The Morgan fingerprint density at radius 1 is 0.688 bits per heavy atom. The quantitative estimate of drug-likeness (QED) is 0.549. The Morgan fingerprint density at radius 3 is 1.00 bits per heavy atom. The zero-order chi connectivity index (χ0) is 13.2. The first-order chi connectivity index (χ1) is 7.36. The zero-order valence-electron chi connectivity index (χ0n) is 11.0. The monoisotopic (exact) mass is 236 g/mol. The van der Waals surface area contributed by atoms with Crippen LogP contribution in [0.5, 0.6) is 0 Å². The van der Waals surface area contributed by atoms with Crippen LogP contribution >= 0.6 is 0 Å². The average molecular weight is 236 g/mol. The molecule has 4 N–H and O–H groups in total. The summed E-state index contributed by atoms with van der Waals surface area (Å²) >= 11 is 0. The first-order valence-corrected chi connectivity index (χ1v) is 5.80. The molecule has 0 fully saturated rings. The van der Waals surface area contributed by atoms with Crippen LogP contribution in [0.25, 0.3) is 0 Å². The maximum atomic E-state index is 8.82. The van der Waals surface area contributed by atoms with Crippen molar-refractivity contribution in [2.24, 2.45) is 10.8 Å². The van der Waals surface area contributed by atoms with Gasteiger partial charge in [0, 0.05) is 10.8 Å². The lowest BCUT2D eigenvalue weighted by Gasteiger charge is -2.25. The molecule has 0 amide bonds. The van der Waals surface area contributed by atoms with E-state index in [4.69, 9.17) is 20.4 Å². The van der Waals surface area contributed by atoms with Gasteiger partial charge in [0.2, 0.25) is 0 Å². The van der Waals surface area contributed by atoms with Crippen molar-refractivity contribution in [3.63, 3.8) is 0 Å². The van der Waals surface area contributed by atoms with E-state index in [9.17, 15) is 0 Å². The molecule has 0 aliphatic heterocycles. The minimum atomic E-state index is -0.306. The minimum absolute atomic E-state index is 0.0451. The predicted octanol–water partition coefficient (Wildman–Crippen LogP) is 0.775. The maximum absolute atomic E-state index is 8.82. The molecular formula is C12H28O4. The highest BCUT2D eigenvalue weighted by Gasteiger charge is 2.23. The Labute approximate surface area is 98.9 Å². The summed E-state index contributed by atoms with van der Waals surface area (Å²) in [5.41, 5.74) is -0.528. The van der Waals surface area contributed by atoms with E-state index in [1.54, 1.807) is 13.8 Å². The molecule has 0 aliphatic carbocycles. The van der Waals surface area contributed by atoms with Gasteiger partial charge in [-0.1, -0.05) is 27.7 Å². The van der Waals surface area contributed by atoms with E-state index < -0.39 is 0 Å². The van der Waals surface area contributed by atoms with E-state index in [2.05, 4.69) is 0 Å². The van der Waals surface area contributed by atoms with Crippen LogP contribution in [0, 0.1) is 10.8 Å². The summed E-state index contributed by atoms with van der Waals surface area (Å²) in [5.74, 6) is 0. The summed E-state index contributed by atoms with van der Waals surface area (Å²) < 4.78 is 0. The van der Waals surface area contributed by atoms with Crippen LogP contribution in [0.4, 0.5) is 0 Å². The highest BCUT2D eigenvalue weighted by Crippen LogP contribution is 2.23. The van der Waals surface area contributed by atoms with Gasteiger partial charge in [0.25, 0.3) is 0 Å². The molecule has 0 aromatic rings. The second-order valence-corrected chi connectivity index (χ2v) is 5.00. The third kappa shape index (κ3) is 7.17. The SMILES string of the molecule is CC(C)(CO)CO.CCC(CC)(CO)CO. The number of aliphatic hydroxyl groups is 4. The summed E-state index contributed by atoms with van der Waals surface area (Å²) in [7, 11) is 0. The predicted molar refractivity (Wildman–Crippen MR) is 65.1 cm³/mol. The molecule has 4 heteroatoms. The smallest absolute Gasteiger partial charge is 0.0509 e. The fraction of sp³-hybridized carbons (Fsp3) is 1.00. The molecule has 0 bridgehead atoms. The molecule has 0 atom stereocenters.